The molecule has 1 fully saturated rings. The molecule has 0 bridgehead atoms. The summed E-state index contributed by atoms with van der Waals surface area (Å²) in [5, 5.41) is 16.9. The molecule has 0 radical (unpaired) electrons. The van der Waals surface area contributed by atoms with Gasteiger partial charge < -0.3 is 15.3 Å². The van der Waals surface area contributed by atoms with E-state index >= 15 is 0 Å². The summed E-state index contributed by atoms with van der Waals surface area (Å²) in [5.41, 5.74) is 1.64. The third kappa shape index (κ3) is 3.88. The molecule has 2 heterocycles. The molecule has 27 heavy (non-hydrogen) atoms. The molecule has 2 N–H and O–H groups in total. The number of β-amino-alcohol motifs (C(OH)–C–C–N with tert-alkyl or cyclic N) is 1. The zero-order chi connectivity index (χ0) is 18.8. The molecule has 0 spiro atoms. The molecule has 1 aliphatic heterocycles. The van der Waals surface area contributed by atoms with E-state index in [0.29, 0.717) is 24.7 Å². The quantitative estimate of drug-likeness (QED) is 0.836. The second-order valence-corrected chi connectivity index (χ2v) is 7.43. The fourth-order valence-corrected chi connectivity index (χ4v) is 3.58. The van der Waals surface area contributed by atoms with Gasteiger partial charge in [0.15, 0.2) is 5.69 Å². The van der Waals surface area contributed by atoms with E-state index < -0.39 is 6.10 Å². The van der Waals surface area contributed by atoms with Gasteiger partial charge in [-0.05, 0) is 24.3 Å². The lowest BCUT2D eigenvalue weighted by Crippen LogP contribution is -2.37. The van der Waals surface area contributed by atoms with Crippen LogP contribution >= 0.6 is 0 Å². The molecule has 0 saturated heterocycles. The largest absolute Gasteiger partial charge is 0.389 e. The van der Waals surface area contributed by atoms with Gasteiger partial charge in [-0.2, -0.15) is 5.10 Å². The number of hydrogen-bond donors (Lipinski definition) is 2. The van der Waals surface area contributed by atoms with Crippen molar-refractivity contribution in [2.75, 3.05) is 13.1 Å². The number of carbonyl (C=O) groups excluding carboxylic acids is 2. The number of aliphatic hydroxyl groups is 1. The van der Waals surface area contributed by atoms with Crippen LogP contribution in [0.25, 0.3) is 0 Å². The number of aromatic nitrogens is 2. The molecule has 2 amide bonds. The highest BCUT2D eigenvalue weighted by atomic mass is 16.3. The molecular weight excluding hydrogens is 344 g/mol. The van der Waals surface area contributed by atoms with E-state index in [4.69, 9.17) is 0 Å². The van der Waals surface area contributed by atoms with Crippen LogP contribution in [0.3, 0.4) is 0 Å². The van der Waals surface area contributed by atoms with Gasteiger partial charge in [0.25, 0.3) is 11.8 Å². The van der Waals surface area contributed by atoms with Gasteiger partial charge in [0.1, 0.15) is 5.69 Å². The van der Waals surface area contributed by atoms with E-state index in [1.54, 1.807) is 0 Å². The first kappa shape index (κ1) is 17.7. The Morgan fingerprint density at radius 1 is 1.30 bits per heavy atom. The van der Waals surface area contributed by atoms with Crippen molar-refractivity contribution in [3.05, 3.63) is 53.3 Å². The first-order chi connectivity index (χ1) is 13.1. The van der Waals surface area contributed by atoms with Crippen LogP contribution in [0, 0.1) is 5.92 Å². The molecule has 1 saturated carbocycles. The Morgan fingerprint density at radius 3 is 2.78 bits per heavy atom. The van der Waals surface area contributed by atoms with Gasteiger partial charge >= 0.3 is 0 Å². The van der Waals surface area contributed by atoms with Gasteiger partial charge in [0.2, 0.25) is 0 Å². The molecule has 142 valence electrons. The number of fused-ring (bicyclic) bond motifs is 1. The minimum absolute atomic E-state index is 0.173. The number of rotatable bonds is 5. The molecule has 1 aromatic carbocycles. The summed E-state index contributed by atoms with van der Waals surface area (Å²) in [7, 11) is 0. The van der Waals surface area contributed by atoms with Crippen molar-refractivity contribution in [3.8, 4) is 0 Å². The summed E-state index contributed by atoms with van der Waals surface area (Å²) in [5.74, 6) is 0.0449. The highest BCUT2D eigenvalue weighted by molar-refractivity contribution is 5.98. The maximum absolute atomic E-state index is 13.2. The van der Waals surface area contributed by atoms with E-state index in [1.165, 1.54) is 17.2 Å². The predicted octanol–water partition coefficient (Wildman–Crippen LogP) is 1.43. The number of aliphatic hydroxyl groups excluding tert-OH is 1. The first-order valence-electron chi connectivity index (χ1n) is 9.47. The average molecular weight is 368 g/mol. The molecule has 1 aliphatic carbocycles. The Labute approximate surface area is 158 Å². The summed E-state index contributed by atoms with van der Waals surface area (Å²) in [6, 6.07) is 11.4. The number of amides is 2. The molecule has 4 rings (SSSR count). The smallest absolute Gasteiger partial charge is 0.274 e. The average Bonchev–Trinajstić information content (AvgIpc) is 3.00. The lowest BCUT2D eigenvalue weighted by atomic mass is 9.85. The number of hydrogen-bond acceptors (Lipinski definition) is 4. The number of carbonyl (C=O) groups is 2. The van der Waals surface area contributed by atoms with Crippen molar-refractivity contribution >= 4 is 11.8 Å². The van der Waals surface area contributed by atoms with Crippen LogP contribution in [0.4, 0.5) is 0 Å². The maximum atomic E-state index is 13.2. The van der Waals surface area contributed by atoms with Crippen molar-refractivity contribution < 1.29 is 14.7 Å². The van der Waals surface area contributed by atoms with Crippen LogP contribution in [0.2, 0.25) is 0 Å². The standard InChI is InChI=1S/C20H24N4O3/c25-16-10-21-19(26)18-9-17(22-24(18)13-16)20(27)23(12-15-7-4-8-15)11-14-5-2-1-3-6-14/h1-3,5-6,9,15-16,25H,4,7-8,10-13H2,(H,21,26)/t16-/m1/s1. The van der Waals surface area contributed by atoms with Crippen molar-refractivity contribution in [2.45, 2.75) is 38.5 Å². The lowest BCUT2D eigenvalue weighted by molar-refractivity contribution is 0.0671. The van der Waals surface area contributed by atoms with Crippen molar-refractivity contribution in [3.63, 3.8) is 0 Å². The predicted molar refractivity (Wildman–Crippen MR) is 99.1 cm³/mol. The molecule has 2 aromatic rings. The Bertz CT molecular complexity index is 829. The third-order valence-electron chi connectivity index (χ3n) is 5.32. The van der Waals surface area contributed by atoms with Gasteiger partial charge in [-0.25, -0.2) is 0 Å². The van der Waals surface area contributed by atoms with Crippen molar-refractivity contribution in [2.24, 2.45) is 5.92 Å². The fraction of sp³-hybridized carbons (Fsp3) is 0.450. The highest BCUT2D eigenvalue weighted by Crippen LogP contribution is 2.28. The lowest BCUT2D eigenvalue weighted by Gasteiger charge is -2.32. The van der Waals surface area contributed by atoms with Crippen molar-refractivity contribution in [1.29, 1.82) is 0 Å². The van der Waals surface area contributed by atoms with E-state index in [-0.39, 0.29) is 30.6 Å². The summed E-state index contributed by atoms with van der Waals surface area (Å²) in [6.07, 6.45) is 2.79. The van der Waals surface area contributed by atoms with Gasteiger partial charge in [-0.15, -0.1) is 0 Å². The maximum Gasteiger partial charge on any atom is 0.274 e. The fourth-order valence-electron chi connectivity index (χ4n) is 3.58. The Balaban J connectivity index is 1.58. The van der Waals surface area contributed by atoms with Crippen LogP contribution in [0.15, 0.2) is 36.4 Å². The molecule has 1 atom stereocenters. The number of nitrogens with one attached hydrogen (secondary N) is 1. The minimum Gasteiger partial charge on any atom is -0.389 e. The third-order valence-corrected chi connectivity index (χ3v) is 5.32. The summed E-state index contributed by atoms with van der Waals surface area (Å²) in [4.78, 5) is 27.2. The molecule has 0 unspecified atom stereocenters. The van der Waals surface area contributed by atoms with E-state index in [1.807, 2.05) is 35.2 Å². The second-order valence-electron chi connectivity index (χ2n) is 7.43. The van der Waals surface area contributed by atoms with Crippen LogP contribution in [-0.4, -0.2) is 50.8 Å². The Morgan fingerprint density at radius 2 is 2.07 bits per heavy atom. The molecule has 7 heteroatoms. The van der Waals surface area contributed by atoms with Gasteiger partial charge in [-0.1, -0.05) is 36.8 Å². The SMILES string of the molecule is O=C1NC[C@@H](O)Cn2nc(C(=O)N(Cc3ccccc3)CC3CCC3)cc21. The minimum atomic E-state index is -0.714. The Hall–Kier alpha value is -2.67. The molecule has 1 aromatic heterocycles. The molecule has 7 nitrogen and oxygen atoms in total. The normalized spacial score (nSPS) is 19.6. The van der Waals surface area contributed by atoms with E-state index in [9.17, 15) is 14.7 Å². The van der Waals surface area contributed by atoms with E-state index in [0.717, 1.165) is 18.4 Å². The summed E-state index contributed by atoms with van der Waals surface area (Å²) >= 11 is 0. The second kappa shape index (κ2) is 7.52. The van der Waals surface area contributed by atoms with Crippen molar-refractivity contribution in [1.82, 2.24) is 20.0 Å². The van der Waals surface area contributed by atoms with Crippen LogP contribution in [0.1, 0.15) is 45.8 Å². The highest BCUT2D eigenvalue weighted by Gasteiger charge is 2.29. The van der Waals surface area contributed by atoms with Gasteiger partial charge in [-0.3, -0.25) is 14.3 Å². The zero-order valence-electron chi connectivity index (χ0n) is 15.2. The monoisotopic (exact) mass is 368 g/mol. The number of benzene rings is 1. The number of nitrogens with zero attached hydrogens (tertiary/aromatic N) is 3. The summed E-state index contributed by atoms with van der Waals surface area (Å²) in [6.45, 7) is 1.61. The van der Waals surface area contributed by atoms with Gasteiger partial charge in [0.05, 0.1) is 12.6 Å². The van der Waals surface area contributed by atoms with E-state index in [2.05, 4.69) is 10.4 Å². The zero-order valence-corrected chi connectivity index (χ0v) is 15.2. The topological polar surface area (TPSA) is 87.5 Å². The molecular formula is C20H24N4O3. The van der Waals surface area contributed by atoms with Crippen LogP contribution < -0.4 is 5.32 Å². The summed E-state index contributed by atoms with van der Waals surface area (Å²) < 4.78 is 1.43. The Kier molecular flexibility index (Phi) is 4.94. The van der Waals surface area contributed by atoms with Crippen LogP contribution in [0.5, 0.6) is 0 Å². The van der Waals surface area contributed by atoms with Gasteiger partial charge in [0, 0.05) is 25.7 Å². The van der Waals surface area contributed by atoms with Crippen LogP contribution in [-0.2, 0) is 13.1 Å². The first-order valence-corrected chi connectivity index (χ1v) is 9.47. The molecule has 2 aliphatic rings.